The summed E-state index contributed by atoms with van der Waals surface area (Å²) in [6.07, 6.45) is 15.2. The van der Waals surface area contributed by atoms with Crippen LogP contribution in [0.5, 0.6) is 0 Å². The fraction of sp³-hybridized carbons (Fsp3) is 0.897. The first-order chi connectivity index (χ1) is 15.0. The number of carbonyl (C=O) groups excluding carboxylic acids is 1. The highest BCUT2D eigenvalue weighted by molar-refractivity contribution is 5.66. The van der Waals surface area contributed by atoms with Crippen LogP contribution in [0.2, 0.25) is 0 Å². The lowest BCUT2D eigenvalue weighted by Crippen LogP contribution is -2.53. The molecule has 182 valence electrons. The Morgan fingerprint density at radius 1 is 1.19 bits per heavy atom. The van der Waals surface area contributed by atoms with Crippen LogP contribution in [0.3, 0.4) is 0 Å². The Morgan fingerprint density at radius 3 is 2.62 bits per heavy atom. The topological polar surface area (TPSA) is 46.5 Å². The standard InChI is InChI=1S/C29H48O3/c1-19(2)8-7-15-29(6,31)26-12-11-24-23-10-9-21-18-22(32-20(3)30)13-16-27(21,4)25(23)14-17-28(24,26)5/h9,19,22-26,31H,7-8,10-18H2,1-6H3/t22-,23-,24-,25-,26-,27-,28-,29+/m0/s1. The fourth-order valence-corrected chi connectivity index (χ4v) is 9.03. The number of fused-ring (bicyclic) bond motifs is 5. The maximum Gasteiger partial charge on any atom is 0.302 e. The molecule has 4 rings (SSSR count). The van der Waals surface area contributed by atoms with E-state index >= 15 is 0 Å². The van der Waals surface area contributed by atoms with E-state index in [2.05, 4.69) is 40.7 Å². The second kappa shape index (κ2) is 8.75. The molecule has 3 heteroatoms. The van der Waals surface area contributed by atoms with Crippen molar-refractivity contribution in [2.24, 2.45) is 40.4 Å². The number of aliphatic hydroxyl groups is 1. The quantitative estimate of drug-likeness (QED) is 0.352. The Labute approximate surface area is 196 Å². The van der Waals surface area contributed by atoms with Crippen molar-refractivity contribution in [1.82, 2.24) is 0 Å². The third kappa shape index (κ3) is 4.21. The summed E-state index contributed by atoms with van der Waals surface area (Å²) in [5.41, 5.74) is 1.58. The molecule has 1 N–H and O–H groups in total. The van der Waals surface area contributed by atoms with Gasteiger partial charge in [0.1, 0.15) is 6.10 Å². The van der Waals surface area contributed by atoms with Gasteiger partial charge in [-0.3, -0.25) is 4.79 Å². The highest BCUT2D eigenvalue weighted by atomic mass is 16.5. The van der Waals surface area contributed by atoms with Gasteiger partial charge in [-0.15, -0.1) is 0 Å². The summed E-state index contributed by atoms with van der Waals surface area (Å²) in [7, 11) is 0. The molecule has 3 nitrogen and oxygen atoms in total. The molecular weight excluding hydrogens is 396 g/mol. The van der Waals surface area contributed by atoms with Gasteiger partial charge in [-0.2, -0.15) is 0 Å². The minimum atomic E-state index is -0.535. The molecule has 3 fully saturated rings. The summed E-state index contributed by atoms with van der Waals surface area (Å²) in [5.74, 6) is 3.26. The lowest BCUT2D eigenvalue weighted by atomic mass is 9.46. The Kier molecular flexibility index (Phi) is 6.64. The highest BCUT2D eigenvalue weighted by Crippen LogP contribution is 2.67. The average Bonchev–Trinajstić information content (AvgIpc) is 3.05. The largest absolute Gasteiger partial charge is 0.462 e. The summed E-state index contributed by atoms with van der Waals surface area (Å²) < 4.78 is 5.60. The van der Waals surface area contributed by atoms with Crippen LogP contribution in [0, 0.1) is 40.4 Å². The van der Waals surface area contributed by atoms with E-state index < -0.39 is 5.60 Å². The van der Waals surface area contributed by atoms with Gasteiger partial charge in [0.15, 0.2) is 0 Å². The predicted octanol–water partition coefficient (Wildman–Crippen LogP) is 7.07. The monoisotopic (exact) mass is 444 g/mol. The molecule has 0 amide bonds. The lowest BCUT2D eigenvalue weighted by Gasteiger charge is -2.59. The summed E-state index contributed by atoms with van der Waals surface area (Å²) in [4.78, 5) is 11.5. The maximum absolute atomic E-state index is 11.6. The molecule has 8 atom stereocenters. The van der Waals surface area contributed by atoms with E-state index in [9.17, 15) is 9.90 Å². The zero-order valence-electron chi connectivity index (χ0n) is 21.6. The van der Waals surface area contributed by atoms with E-state index in [0.717, 1.165) is 49.9 Å². The molecule has 0 heterocycles. The molecule has 0 unspecified atom stereocenters. The summed E-state index contributed by atoms with van der Waals surface area (Å²) >= 11 is 0. The Balaban J connectivity index is 1.50. The first kappa shape index (κ1) is 24.3. The van der Waals surface area contributed by atoms with Gasteiger partial charge in [0, 0.05) is 13.3 Å². The number of hydrogen-bond donors (Lipinski definition) is 1. The normalized spacial score (nSPS) is 43.0. The van der Waals surface area contributed by atoms with Crippen LogP contribution in [-0.2, 0) is 9.53 Å². The number of hydrogen-bond acceptors (Lipinski definition) is 3. The zero-order valence-corrected chi connectivity index (χ0v) is 21.6. The number of ether oxygens (including phenoxy) is 1. The van der Waals surface area contributed by atoms with Crippen LogP contribution in [0.15, 0.2) is 11.6 Å². The van der Waals surface area contributed by atoms with E-state index in [1.54, 1.807) is 5.57 Å². The Hall–Kier alpha value is -0.830. The van der Waals surface area contributed by atoms with Crippen LogP contribution in [-0.4, -0.2) is 22.8 Å². The van der Waals surface area contributed by atoms with Crippen LogP contribution >= 0.6 is 0 Å². The minimum Gasteiger partial charge on any atom is -0.462 e. The first-order valence-electron chi connectivity index (χ1n) is 13.6. The van der Waals surface area contributed by atoms with Gasteiger partial charge < -0.3 is 9.84 Å². The van der Waals surface area contributed by atoms with E-state index in [1.165, 1.54) is 45.4 Å². The molecule has 32 heavy (non-hydrogen) atoms. The van der Waals surface area contributed by atoms with Crippen LogP contribution in [0.4, 0.5) is 0 Å². The predicted molar refractivity (Wildman–Crippen MR) is 130 cm³/mol. The molecule has 0 aliphatic heterocycles. The molecular formula is C29H48O3. The Bertz CT molecular complexity index is 737. The summed E-state index contributed by atoms with van der Waals surface area (Å²) in [6.45, 7) is 13.3. The number of esters is 1. The van der Waals surface area contributed by atoms with Gasteiger partial charge in [-0.05, 0) is 98.7 Å². The molecule has 0 radical (unpaired) electrons. The zero-order chi connectivity index (χ0) is 23.3. The molecule has 0 aromatic heterocycles. The second-order valence-corrected chi connectivity index (χ2v) is 13.1. The molecule has 0 bridgehead atoms. The van der Waals surface area contributed by atoms with Crippen molar-refractivity contribution < 1.29 is 14.6 Å². The van der Waals surface area contributed by atoms with Crippen LogP contribution < -0.4 is 0 Å². The number of allylic oxidation sites excluding steroid dienone is 1. The minimum absolute atomic E-state index is 0.0778. The van der Waals surface area contributed by atoms with E-state index in [1.807, 2.05) is 0 Å². The number of rotatable bonds is 6. The van der Waals surface area contributed by atoms with E-state index in [-0.39, 0.29) is 22.9 Å². The van der Waals surface area contributed by atoms with Crippen LogP contribution in [0.25, 0.3) is 0 Å². The van der Waals surface area contributed by atoms with Gasteiger partial charge in [-0.1, -0.05) is 52.2 Å². The van der Waals surface area contributed by atoms with E-state index in [0.29, 0.717) is 11.8 Å². The van der Waals surface area contributed by atoms with Crippen molar-refractivity contribution >= 4 is 5.97 Å². The van der Waals surface area contributed by atoms with Crippen molar-refractivity contribution in [3.8, 4) is 0 Å². The SMILES string of the molecule is CC(=O)O[C@H]1CC[C@@]2(C)C(=CC[C@H]3[C@@H]4CC[C@H]([C@](C)(O)CCCC(C)C)[C@@]4(C)CC[C@@H]32)C1. The van der Waals surface area contributed by atoms with Gasteiger partial charge >= 0.3 is 5.97 Å². The third-order valence-electron chi connectivity index (χ3n) is 10.6. The Morgan fingerprint density at radius 2 is 1.94 bits per heavy atom. The van der Waals surface area contributed by atoms with Crippen molar-refractivity contribution in [3.05, 3.63) is 11.6 Å². The molecule has 0 saturated heterocycles. The van der Waals surface area contributed by atoms with Crippen molar-refractivity contribution in [3.63, 3.8) is 0 Å². The summed E-state index contributed by atoms with van der Waals surface area (Å²) in [6, 6.07) is 0. The first-order valence-corrected chi connectivity index (χ1v) is 13.6. The van der Waals surface area contributed by atoms with Gasteiger partial charge in [0.2, 0.25) is 0 Å². The van der Waals surface area contributed by atoms with Crippen molar-refractivity contribution in [2.75, 3.05) is 0 Å². The third-order valence-corrected chi connectivity index (χ3v) is 10.6. The van der Waals surface area contributed by atoms with E-state index in [4.69, 9.17) is 4.74 Å². The summed E-state index contributed by atoms with van der Waals surface area (Å²) in [5, 5.41) is 11.6. The average molecular weight is 445 g/mol. The van der Waals surface area contributed by atoms with Crippen LogP contribution in [0.1, 0.15) is 112 Å². The molecule has 4 aliphatic carbocycles. The smallest absolute Gasteiger partial charge is 0.302 e. The lowest BCUT2D eigenvalue weighted by molar-refractivity contribution is -0.149. The highest BCUT2D eigenvalue weighted by Gasteiger charge is 2.61. The maximum atomic E-state index is 11.6. The fourth-order valence-electron chi connectivity index (χ4n) is 9.03. The van der Waals surface area contributed by atoms with Crippen molar-refractivity contribution in [1.29, 1.82) is 0 Å². The molecule has 0 aromatic carbocycles. The van der Waals surface area contributed by atoms with Gasteiger partial charge in [0.05, 0.1) is 5.60 Å². The molecule has 0 spiro atoms. The van der Waals surface area contributed by atoms with Crippen molar-refractivity contribution in [2.45, 2.75) is 124 Å². The molecule has 3 saturated carbocycles. The van der Waals surface area contributed by atoms with Gasteiger partial charge in [-0.25, -0.2) is 0 Å². The second-order valence-electron chi connectivity index (χ2n) is 13.1. The molecule has 4 aliphatic rings. The number of carbonyl (C=O) groups is 1. The molecule has 0 aromatic rings. The van der Waals surface area contributed by atoms with Gasteiger partial charge in [0.25, 0.3) is 0 Å².